The zero-order valence-electron chi connectivity index (χ0n) is 9.18. The number of rotatable bonds is 3. The maximum absolute atomic E-state index is 12.7. The molecule has 0 heterocycles. The fourth-order valence-electron chi connectivity index (χ4n) is 1.80. The van der Waals surface area contributed by atoms with Crippen LogP contribution in [0.1, 0.15) is 37.3 Å². The van der Waals surface area contributed by atoms with E-state index in [1.807, 2.05) is 13.8 Å². The Labute approximate surface area is 102 Å². The van der Waals surface area contributed by atoms with Gasteiger partial charge < -0.3 is 0 Å². The van der Waals surface area contributed by atoms with Crippen molar-refractivity contribution < 1.29 is 13.2 Å². The van der Waals surface area contributed by atoms with Crippen LogP contribution in [-0.2, 0) is 6.18 Å². The van der Waals surface area contributed by atoms with Crippen molar-refractivity contribution in [3.63, 3.8) is 0 Å². The third-order valence-electron chi connectivity index (χ3n) is 2.48. The number of hydrogen-bond acceptors (Lipinski definition) is 0. The molecule has 0 amide bonds. The predicted octanol–water partition coefficient (Wildman–Crippen LogP) is 4.98. The lowest BCUT2D eigenvalue weighted by atomic mass is 9.92. The standard InChI is InChI=1S/C12H14BrF3/c1-8(7-9(2)13)10-5-3-4-6-11(10)12(14,15)16/h3-6,8-9H,7H2,1-2H3. The summed E-state index contributed by atoms with van der Waals surface area (Å²) in [5.41, 5.74) is -0.142. The molecule has 0 spiro atoms. The highest BCUT2D eigenvalue weighted by Gasteiger charge is 2.34. The molecule has 0 fully saturated rings. The molecule has 1 rings (SSSR count). The topological polar surface area (TPSA) is 0 Å². The van der Waals surface area contributed by atoms with Crippen LogP contribution in [0.3, 0.4) is 0 Å². The molecule has 4 heteroatoms. The Morgan fingerprint density at radius 3 is 2.25 bits per heavy atom. The first kappa shape index (κ1) is 13.6. The summed E-state index contributed by atoms with van der Waals surface area (Å²) in [5, 5.41) is 0. The molecular weight excluding hydrogens is 281 g/mol. The zero-order chi connectivity index (χ0) is 12.3. The lowest BCUT2D eigenvalue weighted by Crippen LogP contribution is -2.12. The molecule has 90 valence electrons. The van der Waals surface area contributed by atoms with Crippen LogP contribution in [0.15, 0.2) is 24.3 Å². The third-order valence-corrected chi connectivity index (χ3v) is 2.85. The van der Waals surface area contributed by atoms with E-state index in [4.69, 9.17) is 0 Å². The average molecular weight is 295 g/mol. The van der Waals surface area contributed by atoms with Crippen molar-refractivity contribution >= 4 is 15.9 Å². The number of halogens is 4. The Balaban J connectivity index is 3.04. The van der Waals surface area contributed by atoms with Crippen molar-refractivity contribution in [2.45, 2.75) is 37.2 Å². The van der Waals surface area contributed by atoms with E-state index in [0.29, 0.717) is 12.0 Å². The largest absolute Gasteiger partial charge is 0.416 e. The molecule has 2 atom stereocenters. The SMILES string of the molecule is CC(Br)CC(C)c1ccccc1C(F)(F)F. The minimum absolute atomic E-state index is 0.104. The van der Waals surface area contributed by atoms with E-state index in [9.17, 15) is 13.2 Å². The van der Waals surface area contributed by atoms with Gasteiger partial charge in [-0.25, -0.2) is 0 Å². The normalized spacial score (nSPS) is 15.9. The number of benzene rings is 1. The molecule has 0 nitrogen and oxygen atoms in total. The maximum atomic E-state index is 12.7. The summed E-state index contributed by atoms with van der Waals surface area (Å²) >= 11 is 3.37. The van der Waals surface area contributed by atoms with Crippen molar-refractivity contribution in [1.29, 1.82) is 0 Å². The summed E-state index contributed by atoms with van der Waals surface area (Å²) in [5.74, 6) is -0.104. The van der Waals surface area contributed by atoms with Crippen molar-refractivity contribution in [3.8, 4) is 0 Å². The van der Waals surface area contributed by atoms with Crippen LogP contribution in [0.5, 0.6) is 0 Å². The molecule has 0 saturated heterocycles. The van der Waals surface area contributed by atoms with Gasteiger partial charge >= 0.3 is 6.18 Å². The molecule has 0 aliphatic heterocycles. The van der Waals surface area contributed by atoms with Crippen molar-refractivity contribution in [3.05, 3.63) is 35.4 Å². The van der Waals surface area contributed by atoms with Gasteiger partial charge in [-0.1, -0.05) is 48.0 Å². The van der Waals surface area contributed by atoms with Gasteiger partial charge in [0.2, 0.25) is 0 Å². The number of hydrogen-bond donors (Lipinski definition) is 0. The first-order valence-corrected chi connectivity index (χ1v) is 6.04. The predicted molar refractivity (Wildman–Crippen MR) is 62.9 cm³/mol. The lowest BCUT2D eigenvalue weighted by molar-refractivity contribution is -0.138. The van der Waals surface area contributed by atoms with E-state index >= 15 is 0 Å². The Morgan fingerprint density at radius 2 is 1.75 bits per heavy atom. The third kappa shape index (κ3) is 3.51. The molecule has 16 heavy (non-hydrogen) atoms. The second-order valence-electron chi connectivity index (χ2n) is 4.00. The van der Waals surface area contributed by atoms with Gasteiger partial charge in [-0.05, 0) is 24.0 Å². The summed E-state index contributed by atoms with van der Waals surface area (Å²) in [4.78, 5) is 0.212. The molecule has 1 aromatic rings. The van der Waals surface area contributed by atoms with Crippen LogP contribution in [0.25, 0.3) is 0 Å². The van der Waals surface area contributed by atoms with Gasteiger partial charge in [-0.2, -0.15) is 13.2 Å². The first-order chi connectivity index (χ1) is 7.32. The Bertz CT molecular complexity index is 344. The minimum atomic E-state index is -4.26. The highest BCUT2D eigenvalue weighted by molar-refractivity contribution is 9.09. The van der Waals surface area contributed by atoms with Crippen LogP contribution in [0.2, 0.25) is 0 Å². The van der Waals surface area contributed by atoms with Crippen LogP contribution >= 0.6 is 15.9 Å². The summed E-state index contributed by atoms with van der Waals surface area (Å²) in [6.07, 6.45) is -3.58. The molecule has 0 aromatic heterocycles. The van der Waals surface area contributed by atoms with Gasteiger partial charge in [0.1, 0.15) is 0 Å². The lowest BCUT2D eigenvalue weighted by Gasteiger charge is -2.19. The zero-order valence-corrected chi connectivity index (χ0v) is 10.8. The summed E-state index contributed by atoms with van der Waals surface area (Å²) in [6, 6.07) is 5.78. The molecule has 0 N–H and O–H groups in total. The maximum Gasteiger partial charge on any atom is 0.416 e. The highest BCUT2D eigenvalue weighted by Crippen LogP contribution is 2.36. The molecule has 0 bridgehead atoms. The fraction of sp³-hybridized carbons (Fsp3) is 0.500. The monoisotopic (exact) mass is 294 g/mol. The van der Waals surface area contributed by atoms with Gasteiger partial charge in [0, 0.05) is 4.83 Å². The van der Waals surface area contributed by atoms with Crippen molar-refractivity contribution in [1.82, 2.24) is 0 Å². The van der Waals surface area contributed by atoms with Crippen LogP contribution in [0, 0.1) is 0 Å². The van der Waals surface area contributed by atoms with E-state index in [1.165, 1.54) is 6.07 Å². The van der Waals surface area contributed by atoms with Crippen LogP contribution < -0.4 is 0 Å². The minimum Gasteiger partial charge on any atom is -0.166 e. The molecule has 0 aliphatic rings. The van der Waals surface area contributed by atoms with Gasteiger partial charge in [-0.15, -0.1) is 0 Å². The molecule has 0 radical (unpaired) electrons. The van der Waals surface area contributed by atoms with Crippen LogP contribution in [-0.4, -0.2) is 4.83 Å². The highest BCUT2D eigenvalue weighted by atomic mass is 79.9. The molecule has 0 saturated carbocycles. The smallest absolute Gasteiger partial charge is 0.166 e. The quantitative estimate of drug-likeness (QED) is 0.690. The van der Waals surface area contributed by atoms with E-state index in [-0.39, 0.29) is 10.7 Å². The summed E-state index contributed by atoms with van der Waals surface area (Å²) in [7, 11) is 0. The van der Waals surface area contributed by atoms with E-state index in [0.717, 1.165) is 6.07 Å². The second kappa shape index (κ2) is 5.21. The van der Waals surface area contributed by atoms with Crippen LogP contribution in [0.4, 0.5) is 13.2 Å². The molecular formula is C12H14BrF3. The average Bonchev–Trinajstić information content (AvgIpc) is 2.15. The van der Waals surface area contributed by atoms with Gasteiger partial charge in [0.25, 0.3) is 0 Å². The number of alkyl halides is 4. The van der Waals surface area contributed by atoms with E-state index in [2.05, 4.69) is 15.9 Å². The fourth-order valence-corrected chi connectivity index (χ4v) is 2.36. The Kier molecular flexibility index (Phi) is 4.42. The summed E-state index contributed by atoms with van der Waals surface area (Å²) < 4.78 is 38.2. The van der Waals surface area contributed by atoms with Gasteiger partial charge in [0.15, 0.2) is 0 Å². The Morgan fingerprint density at radius 1 is 1.19 bits per heavy atom. The van der Waals surface area contributed by atoms with Crippen molar-refractivity contribution in [2.75, 3.05) is 0 Å². The van der Waals surface area contributed by atoms with E-state index < -0.39 is 11.7 Å². The second-order valence-corrected chi connectivity index (χ2v) is 5.57. The van der Waals surface area contributed by atoms with Gasteiger partial charge in [-0.3, -0.25) is 0 Å². The molecule has 2 unspecified atom stereocenters. The summed E-state index contributed by atoms with van der Waals surface area (Å²) in [6.45, 7) is 3.76. The Hall–Kier alpha value is -0.510. The van der Waals surface area contributed by atoms with E-state index in [1.54, 1.807) is 12.1 Å². The van der Waals surface area contributed by atoms with Gasteiger partial charge in [0.05, 0.1) is 5.56 Å². The molecule has 1 aromatic carbocycles. The first-order valence-electron chi connectivity index (χ1n) is 5.12. The molecule has 0 aliphatic carbocycles. The van der Waals surface area contributed by atoms with Crippen molar-refractivity contribution in [2.24, 2.45) is 0 Å².